The number of rotatable bonds is 5. The summed E-state index contributed by atoms with van der Waals surface area (Å²) in [4.78, 5) is 16.7. The zero-order chi connectivity index (χ0) is 14.6. The third-order valence-corrected chi connectivity index (χ3v) is 3.29. The summed E-state index contributed by atoms with van der Waals surface area (Å²) in [6, 6.07) is 0. The van der Waals surface area contributed by atoms with E-state index in [2.05, 4.69) is 10.3 Å². The number of carbonyl (C=O) groups excluding carboxylic acids is 1. The van der Waals surface area contributed by atoms with Gasteiger partial charge in [0.1, 0.15) is 17.2 Å². The number of hydrogen-bond donors (Lipinski definition) is 2. The zero-order valence-corrected chi connectivity index (χ0v) is 11.4. The summed E-state index contributed by atoms with van der Waals surface area (Å²) in [5.41, 5.74) is 5.55. The van der Waals surface area contributed by atoms with Crippen LogP contribution >= 0.6 is 11.3 Å². The minimum Gasteiger partial charge on any atom is -0.382 e. The van der Waals surface area contributed by atoms with Crippen LogP contribution in [0.15, 0.2) is 0 Å². The molecular formula is C10H15F3N4OS. The number of nitrogens with zero attached hydrogens (tertiary/aromatic N) is 2. The minimum atomic E-state index is -4.43. The van der Waals surface area contributed by atoms with E-state index < -0.39 is 18.6 Å². The Balaban J connectivity index is 2.95. The molecule has 1 aromatic rings. The highest BCUT2D eigenvalue weighted by molar-refractivity contribution is 7.18. The molecule has 0 aromatic carbocycles. The number of alkyl halides is 3. The molecule has 1 heterocycles. The van der Waals surface area contributed by atoms with Crippen molar-refractivity contribution < 1.29 is 18.0 Å². The average Bonchev–Trinajstić information content (AvgIpc) is 2.67. The monoisotopic (exact) mass is 296 g/mol. The van der Waals surface area contributed by atoms with Crippen molar-refractivity contribution in [2.24, 2.45) is 0 Å². The van der Waals surface area contributed by atoms with Gasteiger partial charge in [0.05, 0.1) is 0 Å². The van der Waals surface area contributed by atoms with Crippen molar-refractivity contribution in [3.8, 4) is 0 Å². The van der Waals surface area contributed by atoms with Gasteiger partial charge in [-0.05, 0) is 6.42 Å². The predicted octanol–water partition coefficient (Wildman–Crippen LogP) is 2.18. The summed E-state index contributed by atoms with van der Waals surface area (Å²) in [6.07, 6.45) is -4.00. The number of nitrogens with two attached hydrogens (primary N) is 1. The molecule has 0 saturated carbocycles. The smallest absolute Gasteiger partial charge is 0.382 e. The summed E-state index contributed by atoms with van der Waals surface area (Å²) >= 11 is 0.942. The van der Waals surface area contributed by atoms with E-state index in [1.54, 1.807) is 14.0 Å². The lowest BCUT2D eigenvalue weighted by molar-refractivity contribution is -0.140. The van der Waals surface area contributed by atoms with Crippen molar-refractivity contribution >= 4 is 28.2 Å². The van der Waals surface area contributed by atoms with Gasteiger partial charge in [-0.1, -0.05) is 18.3 Å². The first kappa shape index (κ1) is 15.5. The quantitative estimate of drug-likeness (QED) is 0.873. The lowest BCUT2D eigenvalue weighted by Gasteiger charge is -2.22. The molecule has 0 aliphatic carbocycles. The third-order valence-electron chi connectivity index (χ3n) is 2.21. The molecule has 5 nitrogen and oxygen atoms in total. The Kier molecular flexibility index (Phi) is 4.98. The van der Waals surface area contributed by atoms with Crippen molar-refractivity contribution in [3.63, 3.8) is 0 Å². The lowest BCUT2D eigenvalue weighted by atomic mass is 10.3. The number of nitrogen functional groups attached to an aromatic ring is 1. The van der Waals surface area contributed by atoms with Gasteiger partial charge < -0.3 is 16.0 Å². The standard InChI is InChI=1S/C10H15F3N4OS/c1-3-4-17(5-10(11,12)13)8(18)6-7(14)16-9(15-2)19-6/h3-5,14H2,1-2H3,(H,15,16). The van der Waals surface area contributed by atoms with Crippen LogP contribution in [0.25, 0.3) is 0 Å². The van der Waals surface area contributed by atoms with Crippen LogP contribution < -0.4 is 11.1 Å². The summed E-state index contributed by atoms with van der Waals surface area (Å²) in [6.45, 7) is 0.433. The fourth-order valence-corrected chi connectivity index (χ4v) is 2.28. The van der Waals surface area contributed by atoms with Crippen LogP contribution in [-0.4, -0.2) is 42.1 Å². The second-order valence-electron chi connectivity index (χ2n) is 3.83. The molecule has 0 aliphatic heterocycles. The van der Waals surface area contributed by atoms with E-state index in [1.807, 2.05) is 0 Å². The Hall–Kier alpha value is -1.51. The number of hydrogen-bond acceptors (Lipinski definition) is 5. The molecule has 19 heavy (non-hydrogen) atoms. The zero-order valence-electron chi connectivity index (χ0n) is 10.5. The number of amides is 1. The Morgan fingerprint density at radius 3 is 2.58 bits per heavy atom. The molecule has 0 fully saturated rings. The maximum atomic E-state index is 12.4. The summed E-state index contributed by atoms with van der Waals surface area (Å²) in [7, 11) is 1.59. The summed E-state index contributed by atoms with van der Waals surface area (Å²) in [5.74, 6) is -0.793. The molecule has 0 spiro atoms. The fourth-order valence-electron chi connectivity index (χ4n) is 1.47. The van der Waals surface area contributed by atoms with Gasteiger partial charge in [-0.15, -0.1) is 0 Å². The van der Waals surface area contributed by atoms with Gasteiger partial charge >= 0.3 is 6.18 Å². The Morgan fingerprint density at radius 1 is 1.53 bits per heavy atom. The van der Waals surface area contributed by atoms with Crippen LogP contribution in [0.3, 0.4) is 0 Å². The molecule has 0 saturated heterocycles. The number of halogens is 3. The van der Waals surface area contributed by atoms with Crippen LogP contribution in [0.4, 0.5) is 24.1 Å². The van der Waals surface area contributed by atoms with Crippen molar-refractivity contribution in [2.45, 2.75) is 19.5 Å². The van der Waals surface area contributed by atoms with E-state index in [9.17, 15) is 18.0 Å². The molecule has 0 unspecified atom stereocenters. The molecule has 1 rings (SSSR count). The normalized spacial score (nSPS) is 11.4. The SMILES string of the molecule is CCCN(CC(F)(F)F)C(=O)c1sc(NC)nc1N. The average molecular weight is 296 g/mol. The van der Waals surface area contributed by atoms with Gasteiger partial charge in [-0.3, -0.25) is 4.79 Å². The molecule has 1 aromatic heterocycles. The van der Waals surface area contributed by atoms with Crippen LogP contribution in [-0.2, 0) is 0 Å². The number of carbonyl (C=O) groups is 1. The topological polar surface area (TPSA) is 71.2 Å². The lowest BCUT2D eigenvalue weighted by Crippen LogP contribution is -2.39. The van der Waals surface area contributed by atoms with Crippen molar-refractivity contribution in [2.75, 3.05) is 31.2 Å². The molecule has 0 radical (unpaired) electrons. The van der Waals surface area contributed by atoms with Crippen molar-refractivity contribution in [3.05, 3.63) is 4.88 Å². The summed E-state index contributed by atoms with van der Waals surface area (Å²) < 4.78 is 37.3. The highest BCUT2D eigenvalue weighted by atomic mass is 32.1. The first-order chi connectivity index (χ1) is 8.78. The second-order valence-corrected chi connectivity index (χ2v) is 4.82. The molecule has 0 bridgehead atoms. The number of nitrogens with one attached hydrogen (secondary N) is 1. The van der Waals surface area contributed by atoms with E-state index in [0.29, 0.717) is 11.6 Å². The Labute approximate surface area is 112 Å². The van der Waals surface area contributed by atoms with E-state index in [1.165, 1.54) is 0 Å². The van der Waals surface area contributed by atoms with Gasteiger partial charge in [-0.2, -0.15) is 13.2 Å². The van der Waals surface area contributed by atoms with E-state index >= 15 is 0 Å². The maximum absolute atomic E-state index is 12.4. The van der Waals surface area contributed by atoms with Crippen LogP contribution in [0, 0.1) is 0 Å². The van der Waals surface area contributed by atoms with Crippen LogP contribution in [0.1, 0.15) is 23.0 Å². The second kappa shape index (κ2) is 6.09. The predicted molar refractivity (Wildman–Crippen MR) is 68.3 cm³/mol. The molecule has 108 valence electrons. The number of anilines is 2. The number of thiazole rings is 1. The largest absolute Gasteiger partial charge is 0.406 e. The maximum Gasteiger partial charge on any atom is 0.406 e. The molecule has 0 aliphatic rings. The van der Waals surface area contributed by atoms with Gasteiger partial charge in [0.25, 0.3) is 5.91 Å². The van der Waals surface area contributed by atoms with E-state index in [4.69, 9.17) is 5.73 Å². The highest BCUT2D eigenvalue weighted by Crippen LogP contribution is 2.27. The first-order valence-corrected chi connectivity index (χ1v) is 6.40. The minimum absolute atomic E-state index is 0.0184. The van der Waals surface area contributed by atoms with E-state index in [-0.39, 0.29) is 17.2 Å². The molecule has 9 heteroatoms. The first-order valence-electron chi connectivity index (χ1n) is 5.58. The summed E-state index contributed by atoms with van der Waals surface area (Å²) in [5, 5.41) is 3.09. The molecule has 1 amide bonds. The molecule has 3 N–H and O–H groups in total. The van der Waals surface area contributed by atoms with Gasteiger partial charge in [0.15, 0.2) is 5.13 Å². The van der Waals surface area contributed by atoms with Crippen molar-refractivity contribution in [1.29, 1.82) is 0 Å². The third kappa shape index (κ3) is 4.27. The molecule has 0 atom stereocenters. The molecular weight excluding hydrogens is 281 g/mol. The van der Waals surface area contributed by atoms with E-state index in [0.717, 1.165) is 16.2 Å². The van der Waals surface area contributed by atoms with Gasteiger partial charge in [0, 0.05) is 13.6 Å². The van der Waals surface area contributed by atoms with Gasteiger partial charge in [-0.25, -0.2) is 4.98 Å². The van der Waals surface area contributed by atoms with Crippen LogP contribution in [0.2, 0.25) is 0 Å². The fraction of sp³-hybridized carbons (Fsp3) is 0.600. The van der Waals surface area contributed by atoms with Crippen molar-refractivity contribution in [1.82, 2.24) is 9.88 Å². The highest BCUT2D eigenvalue weighted by Gasteiger charge is 2.34. The Morgan fingerprint density at radius 2 is 2.16 bits per heavy atom. The van der Waals surface area contributed by atoms with Gasteiger partial charge in [0.2, 0.25) is 0 Å². The van der Waals surface area contributed by atoms with Crippen LogP contribution in [0.5, 0.6) is 0 Å². The Bertz CT molecular complexity index is 446. The number of aromatic nitrogens is 1.